The Kier molecular flexibility index (Phi) is 8.35. The molecule has 210 valence electrons. The average molecular weight is 572 g/mol. The zero-order valence-corrected chi connectivity index (χ0v) is 23.3. The van der Waals surface area contributed by atoms with Gasteiger partial charge < -0.3 is 25.3 Å². The lowest BCUT2D eigenvalue weighted by atomic mass is 10.1. The quantitative estimate of drug-likeness (QED) is 0.246. The van der Waals surface area contributed by atoms with Crippen LogP contribution in [-0.2, 0) is 13.1 Å². The zero-order chi connectivity index (χ0) is 28.9. The summed E-state index contributed by atoms with van der Waals surface area (Å²) in [5, 5.41) is 23.2. The lowest BCUT2D eigenvalue weighted by molar-refractivity contribution is 0.0982. The van der Waals surface area contributed by atoms with E-state index in [1.165, 1.54) is 12.1 Å². The molecule has 5 rings (SSSR count). The van der Waals surface area contributed by atoms with E-state index in [9.17, 15) is 19.8 Å². The molecule has 4 aromatic rings. The van der Waals surface area contributed by atoms with Crippen molar-refractivity contribution >= 4 is 29.2 Å². The molecule has 1 saturated heterocycles. The fraction of sp³-hybridized carbons (Fsp3) is 0.226. The standard InChI is InChI=1S/C31H30ClN5O4/c1-20-17-33-30(32)35-28(20)23-8-10-24(11-9-23)37(29(40)26-13-12-25(38)16-27(26)39)19-22-6-4-21(5-7-22)18-34-31(41)36-14-2-3-15-36/h4-13,16-17,38-39H,2-3,14-15,18-19H2,1H3,(H,34,41). The first-order chi connectivity index (χ1) is 19.8. The highest BCUT2D eigenvalue weighted by Crippen LogP contribution is 2.30. The largest absolute Gasteiger partial charge is 0.508 e. The first-order valence-electron chi connectivity index (χ1n) is 13.3. The molecule has 1 fully saturated rings. The number of nitrogens with one attached hydrogen (secondary N) is 1. The van der Waals surface area contributed by atoms with Gasteiger partial charge in [-0.3, -0.25) is 4.79 Å². The highest BCUT2D eigenvalue weighted by atomic mass is 35.5. The maximum absolute atomic E-state index is 13.7. The van der Waals surface area contributed by atoms with Gasteiger partial charge in [0.1, 0.15) is 11.5 Å². The van der Waals surface area contributed by atoms with Crippen LogP contribution in [0.2, 0.25) is 5.28 Å². The van der Waals surface area contributed by atoms with E-state index in [-0.39, 0.29) is 34.9 Å². The second-order valence-electron chi connectivity index (χ2n) is 9.98. The molecule has 3 N–H and O–H groups in total. The van der Waals surface area contributed by atoms with Gasteiger partial charge in [0.25, 0.3) is 5.91 Å². The molecule has 1 aliphatic rings. The Labute approximate surface area is 243 Å². The van der Waals surface area contributed by atoms with E-state index in [1.807, 2.05) is 60.4 Å². The average Bonchev–Trinajstić information content (AvgIpc) is 3.52. The fourth-order valence-corrected chi connectivity index (χ4v) is 4.93. The minimum Gasteiger partial charge on any atom is -0.508 e. The zero-order valence-electron chi connectivity index (χ0n) is 22.5. The van der Waals surface area contributed by atoms with Crippen LogP contribution in [0.4, 0.5) is 10.5 Å². The number of amides is 3. The van der Waals surface area contributed by atoms with Crippen LogP contribution < -0.4 is 10.2 Å². The van der Waals surface area contributed by atoms with Gasteiger partial charge in [-0.1, -0.05) is 36.4 Å². The van der Waals surface area contributed by atoms with E-state index < -0.39 is 5.91 Å². The molecular weight excluding hydrogens is 542 g/mol. The van der Waals surface area contributed by atoms with Crippen LogP contribution in [-0.4, -0.2) is 50.1 Å². The number of hydrogen-bond donors (Lipinski definition) is 3. The Morgan fingerprint density at radius 2 is 1.66 bits per heavy atom. The van der Waals surface area contributed by atoms with Crippen molar-refractivity contribution in [1.82, 2.24) is 20.2 Å². The van der Waals surface area contributed by atoms with Gasteiger partial charge in [-0.25, -0.2) is 14.8 Å². The number of likely N-dealkylation sites (tertiary alicyclic amines) is 1. The van der Waals surface area contributed by atoms with E-state index in [1.54, 1.807) is 11.1 Å². The Hall–Kier alpha value is -4.63. The second-order valence-corrected chi connectivity index (χ2v) is 10.3. The SMILES string of the molecule is Cc1cnc(Cl)nc1-c1ccc(N(Cc2ccc(CNC(=O)N3CCCC3)cc2)C(=O)c2ccc(O)cc2O)cc1. The lowest BCUT2D eigenvalue weighted by Gasteiger charge is -2.24. The molecule has 0 radical (unpaired) electrons. The Morgan fingerprint density at radius 1 is 0.976 bits per heavy atom. The molecule has 0 spiro atoms. The molecule has 2 heterocycles. The van der Waals surface area contributed by atoms with Crippen LogP contribution >= 0.6 is 11.6 Å². The molecule has 0 atom stereocenters. The molecule has 0 bridgehead atoms. The van der Waals surface area contributed by atoms with Crippen LogP contribution in [0.5, 0.6) is 11.5 Å². The van der Waals surface area contributed by atoms with E-state index in [2.05, 4.69) is 15.3 Å². The monoisotopic (exact) mass is 571 g/mol. The van der Waals surface area contributed by atoms with Crippen molar-refractivity contribution in [3.05, 3.63) is 100 Å². The second kappa shape index (κ2) is 12.3. The molecular formula is C31H30ClN5O4. The highest BCUT2D eigenvalue weighted by Gasteiger charge is 2.22. The number of anilines is 1. The molecule has 41 heavy (non-hydrogen) atoms. The van der Waals surface area contributed by atoms with Crippen LogP contribution in [0.15, 0.2) is 72.9 Å². The number of halogens is 1. The third-order valence-electron chi connectivity index (χ3n) is 7.05. The number of rotatable bonds is 7. The summed E-state index contributed by atoms with van der Waals surface area (Å²) in [5.74, 6) is -0.883. The number of aromatic hydroxyl groups is 2. The number of benzene rings is 3. The topological polar surface area (TPSA) is 119 Å². The van der Waals surface area contributed by atoms with Gasteiger partial charge in [0, 0.05) is 43.1 Å². The minimum atomic E-state index is -0.432. The predicted molar refractivity (Wildman–Crippen MR) is 157 cm³/mol. The Balaban J connectivity index is 1.38. The Morgan fingerprint density at radius 3 is 2.34 bits per heavy atom. The number of phenolic OH excluding ortho intramolecular Hbond substituents is 2. The van der Waals surface area contributed by atoms with Crippen LogP contribution in [0, 0.1) is 6.92 Å². The van der Waals surface area contributed by atoms with Gasteiger partial charge >= 0.3 is 6.03 Å². The van der Waals surface area contributed by atoms with Gasteiger partial charge in [0.15, 0.2) is 0 Å². The first-order valence-corrected chi connectivity index (χ1v) is 13.7. The number of urea groups is 1. The van der Waals surface area contributed by atoms with Crippen molar-refractivity contribution in [3.63, 3.8) is 0 Å². The van der Waals surface area contributed by atoms with Crippen molar-refractivity contribution in [3.8, 4) is 22.8 Å². The maximum atomic E-state index is 13.7. The van der Waals surface area contributed by atoms with Gasteiger partial charge in [-0.05, 0) is 72.3 Å². The number of aryl methyl sites for hydroxylation is 1. The van der Waals surface area contributed by atoms with Gasteiger partial charge in [0.2, 0.25) is 5.28 Å². The number of nitrogens with zero attached hydrogens (tertiary/aromatic N) is 4. The maximum Gasteiger partial charge on any atom is 0.317 e. The van der Waals surface area contributed by atoms with Crippen molar-refractivity contribution in [2.24, 2.45) is 0 Å². The first kappa shape index (κ1) is 27.9. The van der Waals surface area contributed by atoms with Gasteiger partial charge in [0.05, 0.1) is 17.8 Å². The molecule has 0 unspecified atom stereocenters. The molecule has 3 aromatic carbocycles. The highest BCUT2D eigenvalue weighted by molar-refractivity contribution is 6.28. The number of phenols is 2. The van der Waals surface area contributed by atoms with Crippen LogP contribution in [0.1, 0.15) is 39.9 Å². The van der Waals surface area contributed by atoms with Crippen LogP contribution in [0.25, 0.3) is 11.3 Å². The summed E-state index contributed by atoms with van der Waals surface area (Å²) in [4.78, 5) is 37.7. The Bertz CT molecular complexity index is 1550. The van der Waals surface area contributed by atoms with E-state index in [0.717, 1.165) is 54.3 Å². The smallest absolute Gasteiger partial charge is 0.317 e. The molecule has 0 saturated carbocycles. The summed E-state index contributed by atoms with van der Waals surface area (Å²) in [5.41, 5.74) is 4.83. The normalized spacial score (nSPS) is 12.8. The van der Waals surface area contributed by atoms with Gasteiger partial charge in [-0.15, -0.1) is 0 Å². The van der Waals surface area contributed by atoms with E-state index in [4.69, 9.17) is 11.6 Å². The minimum absolute atomic E-state index is 0.0556. The molecule has 1 aliphatic heterocycles. The third kappa shape index (κ3) is 6.58. The number of aromatic nitrogens is 2. The third-order valence-corrected chi connectivity index (χ3v) is 7.23. The fourth-order valence-electron chi connectivity index (χ4n) is 4.79. The summed E-state index contributed by atoms with van der Waals surface area (Å²) in [6.45, 7) is 4.10. The molecule has 10 heteroatoms. The summed E-state index contributed by atoms with van der Waals surface area (Å²) in [7, 11) is 0. The molecule has 1 aromatic heterocycles. The molecule has 0 aliphatic carbocycles. The van der Waals surface area contributed by atoms with Crippen LogP contribution in [0.3, 0.4) is 0 Å². The summed E-state index contributed by atoms with van der Waals surface area (Å²) >= 11 is 6.01. The summed E-state index contributed by atoms with van der Waals surface area (Å²) in [6.07, 6.45) is 3.73. The predicted octanol–water partition coefficient (Wildman–Crippen LogP) is 5.67. The summed E-state index contributed by atoms with van der Waals surface area (Å²) in [6, 6.07) is 18.8. The molecule has 9 nitrogen and oxygen atoms in total. The van der Waals surface area contributed by atoms with Gasteiger partial charge in [-0.2, -0.15) is 0 Å². The van der Waals surface area contributed by atoms with Crippen molar-refractivity contribution < 1.29 is 19.8 Å². The number of carbonyl (C=O) groups is 2. The lowest BCUT2D eigenvalue weighted by Crippen LogP contribution is -2.37. The molecule has 3 amide bonds. The van der Waals surface area contributed by atoms with Crippen molar-refractivity contribution in [1.29, 1.82) is 0 Å². The summed E-state index contributed by atoms with van der Waals surface area (Å²) < 4.78 is 0. The van der Waals surface area contributed by atoms with Crippen molar-refractivity contribution in [2.45, 2.75) is 32.9 Å². The number of carbonyl (C=O) groups excluding carboxylic acids is 2. The number of hydrogen-bond acceptors (Lipinski definition) is 6. The van der Waals surface area contributed by atoms with Crippen molar-refractivity contribution in [2.75, 3.05) is 18.0 Å². The van der Waals surface area contributed by atoms with E-state index in [0.29, 0.717) is 17.9 Å². The van der Waals surface area contributed by atoms with E-state index >= 15 is 0 Å².